The monoisotopic (exact) mass is 315 g/mol. The molecule has 0 fully saturated rings. The Hall–Kier alpha value is -2.07. The molecule has 0 aliphatic heterocycles. The first-order valence-corrected chi connectivity index (χ1v) is 8.07. The van der Waals surface area contributed by atoms with Crippen molar-refractivity contribution in [3.8, 4) is 5.75 Å². The summed E-state index contributed by atoms with van der Waals surface area (Å²) >= 11 is 0. The van der Waals surface area contributed by atoms with Crippen molar-refractivity contribution in [1.82, 2.24) is 0 Å². The van der Waals surface area contributed by atoms with Crippen LogP contribution in [-0.2, 0) is 9.53 Å². The van der Waals surface area contributed by atoms with E-state index in [0.29, 0.717) is 13.0 Å². The number of fused-ring (bicyclic) bond motifs is 1. The number of benzene rings is 2. The average Bonchev–Trinajstić information content (AvgIpc) is 2.55. The lowest BCUT2D eigenvalue weighted by Crippen LogP contribution is -2.42. The van der Waals surface area contributed by atoms with Crippen molar-refractivity contribution < 1.29 is 14.3 Å². The molecule has 1 amide bonds. The van der Waals surface area contributed by atoms with Gasteiger partial charge in [0.2, 0.25) is 0 Å². The summed E-state index contributed by atoms with van der Waals surface area (Å²) in [6, 6.07) is 11.6. The summed E-state index contributed by atoms with van der Waals surface area (Å²) in [4.78, 5) is 12.7. The Kier molecular flexibility index (Phi) is 5.61. The van der Waals surface area contributed by atoms with E-state index < -0.39 is 5.60 Å². The highest BCUT2D eigenvalue weighted by molar-refractivity contribution is 6.06. The van der Waals surface area contributed by atoms with Gasteiger partial charge in [0.15, 0.2) is 0 Å². The number of methoxy groups -OCH3 is 1. The number of carbonyl (C=O) groups excluding carboxylic acids is 1. The Labute approximate surface area is 137 Å². The average molecular weight is 315 g/mol. The molecule has 0 radical (unpaired) electrons. The van der Waals surface area contributed by atoms with E-state index in [1.54, 1.807) is 7.11 Å². The van der Waals surface area contributed by atoms with E-state index in [0.717, 1.165) is 28.6 Å². The lowest BCUT2D eigenvalue weighted by molar-refractivity contribution is -0.139. The van der Waals surface area contributed by atoms with Crippen LogP contribution in [0.25, 0.3) is 10.8 Å². The minimum absolute atomic E-state index is 0.114. The second kappa shape index (κ2) is 7.47. The molecule has 2 rings (SSSR count). The molecule has 4 nitrogen and oxygen atoms in total. The van der Waals surface area contributed by atoms with E-state index in [-0.39, 0.29) is 5.91 Å². The number of ether oxygens (including phenoxy) is 2. The van der Waals surface area contributed by atoms with Gasteiger partial charge in [0.1, 0.15) is 11.4 Å². The number of rotatable bonds is 7. The molecule has 0 aromatic heterocycles. The van der Waals surface area contributed by atoms with Crippen LogP contribution in [0.4, 0.5) is 5.69 Å². The lowest BCUT2D eigenvalue weighted by atomic mass is 9.98. The van der Waals surface area contributed by atoms with Crippen molar-refractivity contribution in [2.24, 2.45) is 0 Å². The molecule has 0 saturated heterocycles. The maximum absolute atomic E-state index is 12.7. The van der Waals surface area contributed by atoms with E-state index in [4.69, 9.17) is 9.47 Å². The maximum Gasteiger partial charge on any atom is 0.256 e. The molecular formula is C19H25NO3. The zero-order chi connectivity index (χ0) is 16.9. The third kappa shape index (κ3) is 3.64. The highest BCUT2D eigenvalue weighted by Gasteiger charge is 2.33. The van der Waals surface area contributed by atoms with Crippen LogP contribution in [0.3, 0.4) is 0 Å². The number of amides is 1. The SMILES string of the molecule is CCC[C@@](C)(OCC)C(=O)Nc1ccc(OC)c2ccccc12. The lowest BCUT2D eigenvalue weighted by Gasteiger charge is -2.28. The molecule has 0 heterocycles. The van der Waals surface area contributed by atoms with Crippen molar-refractivity contribution >= 4 is 22.4 Å². The highest BCUT2D eigenvalue weighted by atomic mass is 16.5. The summed E-state index contributed by atoms with van der Waals surface area (Å²) < 4.78 is 11.1. The second-order valence-electron chi connectivity index (χ2n) is 5.73. The first-order chi connectivity index (χ1) is 11.1. The van der Waals surface area contributed by atoms with Crippen molar-refractivity contribution in [1.29, 1.82) is 0 Å². The fourth-order valence-electron chi connectivity index (χ4n) is 2.86. The van der Waals surface area contributed by atoms with Gasteiger partial charge < -0.3 is 14.8 Å². The van der Waals surface area contributed by atoms with E-state index in [2.05, 4.69) is 5.32 Å². The molecule has 0 saturated carbocycles. The van der Waals surface area contributed by atoms with E-state index in [1.807, 2.05) is 57.2 Å². The summed E-state index contributed by atoms with van der Waals surface area (Å²) in [7, 11) is 1.65. The number of hydrogen-bond acceptors (Lipinski definition) is 3. The molecule has 1 N–H and O–H groups in total. The normalized spacial score (nSPS) is 13.6. The Bertz CT molecular complexity index is 675. The van der Waals surface area contributed by atoms with Gasteiger partial charge in [-0.25, -0.2) is 0 Å². The largest absolute Gasteiger partial charge is 0.496 e. The first-order valence-electron chi connectivity index (χ1n) is 8.07. The minimum Gasteiger partial charge on any atom is -0.496 e. The van der Waals surface area contributed by atoms with Gasteiger partial charge in [-0.15, -0.1) is 0 Å². The molecule has 1 atom stereocenters. The zero-order valence-corrected chi connectivity index (χ0v) is 14.3. The standard InChI is InChI=1S/C19H25NO3/c1-5-13-19(3,23-6-2)18(21)20-16-11-12-17(22-4)15-10-8-7-9-14(15)16/h7-12H,5-6,13H2,1-4H3,(H,20,21)/t19-/m1/s1. The molecular weight excluding hydrogens is 290 g/mol. The van der Waals surface area contributed by atoms with Gasteiger partial charge in [-0.3, -0.25) is 4.79 Å². The van der Waals surface area contributed by atoms with Gasteiger partial charge in [-0.2, -0.15) is 0 Å². The molecule has 4 heteroatoms. The summed E-state index contributed by atoms with van der Waals surface area (Å²) in [6.07, 6.45) is 1.56. The Morgan fingerprint density at radius 2 is 1.83 bits per heavy atom. The van der Waals surface area contributed by atoms with Crippen LogP contribution in [0.5, 0.6) is 5.75 Å². The Morgan fingerprint density at radius 3 is 2.43 bits per heavy atom. The summed E-state index contributed by atoms with van der Waals surface area (Å²) in [5.74, 6) is 0.677. The molecule has 23 heavy (non-hydrogen) atoms. The van der Waals surface area contributed by atoms with Crippen molar-refractivity contribution in [2.75, 3.05) is 19.0 Å². The summed E-state index contributed by atoms with van der Waals surface area (Å²) in [5, 5.41) is 4.95. The van der Waals surface area contributed by atoms with E-state index >= 15 is 0 Å². The highest BCUT2D eigenvalue weighted by Crippen LogP contribution is 2.32. The van der Waals surface area contributed by atoms with E-state index in [1.165, 1.54) is 0 Å². The quantitative estimate of drug-likeness (QED) is 0.824. The molecule has 0 bridgehead atoms. The van der Waals surface area contributed by atoms with Crippen LogP contribution in [0, 0.1) is 0 Å². The minimum atomic E-state index is -0.815. The molecule has 0 spiro atoms. The van der Waals surface area contributed by atoms with Gasteiger partial charge in [0.05, 0.1) is 7.11 Å². The molecule has 2 aromatic rings. The molecule has 0 aliphatic carbocycles. The van der Waals surface area contributed by atoms with Crippen LogP contribution in [-0.4, -0.2) is 25.2 Å². The van der Waals surface area contributed by atoms with Gasteiger partial charge in [-0.1, -0.05) is 37.6 Å². The van der Waals surface area contributed by atoms with Gasteiger partial charge >= 0.3 is 0 Å². The van der Waals surface area contributed by atoms with Crippen molar-refractivity contribution in [3.05, 3.63) is 36.4 Å². The van der Waals surface area contributed by atoms with Crippen LogP contribution in [0.2, 0.25) is 0 Å². The molecule has 2 aromatic carbocycles. The van der Waals surface area contributed by atoms with E-state index in [9.17, 15) is 4.79 Å². The van der Waals surface area contributed by atoms with Gasteiger partial charge in [-0.05, 0) is 32.4 Å². The number of nitrogens with one attached hydrogen (secondary N) is 1. The first kappa shape index (κ1) is 17.3. The van der Waals surface area contributed by atoms with Crippen LogP contribution < -0.4 is 10.1 Å². The summed E-state index contributed by atoms with van der Waals surface area (Å²) in [6.45, 7) is 6.31. The number of carbonyl (C=O) groups is 1. The Balaban J connectivity index is 2.36. The summed E-state index contributed by atoms with van der Waals surface area (Å²) in [5.41, 5.74) is -0.0433. The molecule has 0 aliphatic rings. The zero-order valence-electron chi connectivity index (χ0n) is 14.3. The van der Waals surface area contributed by atoms with Crippen molar-refractivity contribution in [2.45, 2.75) is 39.2 Å². The van der Waals surface area contributed by atoms with Gasteiger partial charge in [0, 0.05) is 23.1 Å². The Morgan fingerprint density at radius 1 is 1.13 bits per heavy atom. The van der Waals surface area contributed by atoms with Crippen molar-refractivity contribution in [3.63, 3.8) is 0 Å². The van der Waals surface area contributed by atoms with Gasteiger partial charge in [0.25, 0.3) is 5.91 Å². The predicted octanol–water partition coefficient (Wildman–Crippen LogP) is 4.38. The fraction of sp³-hybridized carbons (Fsp3) is 0.421. The van der Waals surface area contributed by atoms with Crippen LogP contribution >= 0.6 is 0 Å². The third-order valence-corrected chi connectivity index (χ3v) is 4.02. The second-order valence-corrected chi connectivity index (χ2v) is 5.73. The number of anilines is 1. The molecule has 0 unspecified atom stereocenters. The van der Waals surface area contributed by atoms with Crippen LogP contribution in [0.1, 0.15) is 33.6 Å². The predicted molar refractivity (Wildman–Crippen MR) is 94.1 cm³/mol. The third-order valence-electron chi connectivity index (χ3n) is 4.02. The fourth-order valence-corrected chi connectivity index (χ4v) is 2.86. The maximum atomic E-state index is 12.7. The topological polar surface area (TPSA) is 47.6 Å². The van der Waals surface area contributed by atoms with Crippen LogP contribution in [0.15, 0.2) is 36.4 Å². The molecule has 124 valence electrons. The smallest absolute Gasteiger partial charge is 0.256 e. The number of hydrogen-bond donors (Lipinski definition) is 1.